The van der Waals surface area contributed by atoms with Crippen LogP contribution in [0.15, 0.2) is 18.2 Å². The predicted octanol–water partition coefficient (Wildman–Crippen LogP) is 2.10. The molecule has 0 spiro atoms. The van der Waals surface area contributed by atoms with Crippen molar-refractivity contribution in [2.75, 3.05) is 5.73 Å². The number of nitrogens with two attached hydrogens (primary N) is 1. The molecule has 0 aliphatic heterocycles. The lowest BCUT2D eigenvalue weighted by Gasteiger charge is -2.13. The molecule has 19 heavy (non-hydrogen) atoms. The Bertz CT molecular complexity index is 512. The Labute approximate surface area is 111 Å². The molecule has 2 rings (SSSR count). The Morgan fingerprint density at radius 2 is 2.26 bits per heavy atom. The van der Waals surface area contributed by atoms with Crippen LogP contribution < -0.4 is 11.1 Å². The van der Waals surface area contributed by atoms with Gasteiger partial charge < -0.3 is 11.1 Å². The predicted molar refractivity (Wildman–Crippen MR) is 71.8 cm³/mol. The lowest BCUT2D eigenvalue weighted by molar-refractivity contribution is -0.383. The van der Waals surface area contributed by atoms with Crippen LogP contribution in [0.25, 0.3) is 0 Å². The number of benzene rings is 1. The van der Waals surface area contributed by atoms with Crippen LogP contribution in [-0.2, 0) is 0 Å². The molecule has 1 amide bonds. The van der Waals surface area contributed by atoms with Crippen LogP contribution in [0.5, 0.6) is 0 Å². The summed E-state index contributed by atoms with van der Waals surface area (Å²) in [4.78, 5) is 22.0. The summed E-state index contributed by atoms with van der Waals surface area (Å²) < 4.78 is 0. The molecule has 1 aliphatic rings. The molecule has 1 atom stereocenters. The largest absolute Gasteiger partial charge is 0.393 e. The number of hydrogen-bond acceptors (Lipinski definition) is 4. The molecule has 0 radical (unpaired) electrons. The fourth-order valence-corrected chi connectivity index (χ4v) is 2.08. The minimum absolute atomic E-state index is 0.00694. The maximum atomic E-state index is 12.0. The van der Waals surface area contributed by atoms with E-state index in [2.05, 4.69) is 5.32 Å². The van der Waals surface area contributed by atoms with Crippen molar-refractivity contribution in [1.82, 2.24) is 5.32 Å². The first-order valence-corrected chi connectivity index (χ1v) is 6.32. The zero-order valence-electron chi connectivity index (χ0n) is 10.8. The molecule has 1 unspecified atom stereocenters. The number of hydrogen-bond donors (Lipinski definition) is 2. The molecular formula is C13H17N3O3. The van der Waals surface area contributed by atoms with Gasteiger partial charge in [-0.15, -0.1) is 0 Å². The highest BCUT2D eigenvalue weighted by Crippen LogP contribution is 2.33. The molecule has 0 bridgehead atoms. The van der Waals surface area contributed by atoms with E-state index >= 15 is 0 Å². The van der Waals surface area contributed by atoms with Crippen molar-refractivity contribution in [2.24, 2.45) is 5.92 Å². The van der Waals surface area contributed by atoms with E-state index in [0.717, 1.165) is 12.3 Å². The SMILES string of the molecule is CC(CC1CC1)NC(=O)c1ccc([N+](=O)[O-])c(N)c1. The van der Waals surface area contributed by atoms with Gasteiger partial charge >= 0.3 is 0 Å². The molecule has 1 saturated carbocycles. The summed E-state index contributed by atoms with van der Waals surface area (Å²) in [7, 11) is 0. The molecule has 1 fully saturated rings. The number of nitrogens with zero attached hydrogens (tertiary/aromatic N) is 1. The first kappa shape index (κ1) is 13.3. The highest BCUT2D eigenvalue weighted by atomic mass is 16.6. The Kier molecular flexibility index (Phi) is 3.69. The maximum Gasteiger partial charge on any atom is 0.292 e. The van der Waals surface area contributed by atoms with E-state index in [1.807, 2.05) is 6.92 Å². The van der Waals surface area contributed by atoms with E-state index < -0.39 is 4.92 Å². The summed E-state index contributed by atoms with van der Waals surface area (Å²) >= 11 is 0. The van der Waals surface area contributed by atoms with E-state index in [9.17, 15) is 14.9 Å². The summed E-state index contributed by atoms with van der Waals surface area (Å²) in [5, 5.41) is 13.5. The molecule has 0 heterocycles. The number of nitro benzene ring substituents is 1. The first-order chi connectivity index (χ1) is 8.97. The summed E-state index contributed by atoms with van der Waals surface area (Å²) in [6.45, 7) is 1.96. The zero-order valence-corrected chi connectivity index (χ0v) is 10.8. The van der Waals surface area contributed by atoms with Gasteiger partial charge in [0.25, 0.3) is 11.6 Å². The molecule has 3 N–H and O–H groups in total. The third-order valence-corrected chi connectivity index (χ3v) is 3.25. The quantitative estimate of drug-likeness (QED) is 0.482. The molecule has 1 aromatic rings. The Morgan fingerprint density at radius 1 is 1.58 bits per heavy atom. The minimum Gasteiger partial charge on any atom is -0.393 e. The second-order valence-corrected chi connectivity index (χ2v) is 5.08. The van der Waals surface area contributed by atoms with Crippen LogP contribution in [0.1, 0.15) is 36.5 Å². The second kappa shape index (κ2) is 5.26. The van der Waals surface area contributed by atoms with Crippen LogP contribution in [-0.4, -0.2) is 16.9 Å². The van der Waals surface area contributed by atoms with Crippen LogP contribution in [0, 0.1) is 16.0 Å². The maximum absolute atomic E-state index is 12.0. The lowest BCUT2D eigenvalue weighted by atomic mass is 10.1. The van der Waals surface area contributed by atoms with Crippen molar-refractivity contribution >= 4 is 17.3 Å². The Hall–Kier alpha value is -2.11. The van der Waals surface area contributed by atoms with E-state index in [0.29, 0.717) is 5.56 Å². The van der Waals surface area contributed by atoms with Gasteiger partial charge in [-0.3, -0.25) is 14.9 Å². The molecule has 1 aromatic carbocycles. The lowest BCUT2D eigenvalue weighted by Crippen LogP contribution is -2.32. The normalized spacial score (nSPS) is 15.8. The van der Waals surface area contributed by atoms with Gasteiger partial charge in [-0.2, -0.15) is 0 Å². The van der Waals surface area contributed by atoms with Crippen LogP contribution in [0.4, 0.5) is 11.4 Å². The number of nitro groups is 1. The van der Waals surface area contributed by atoms with E-state index in [-0.39, 0.29) is 23.3 Å². The highest BCUT2D eigenvalue weighted by Gasteiger charge is 2.24. The number of nitrogen functional groups attached to an aromatic ring is 1. The van der Waals surface area contributed by atoms with Gasteiger partial charge in [0, 0.05) is 17.7 Å². The molecule has 6 nitrogen and oxygen atoms in total. The number of carbonyl (C=O) groups excluding carboxylic acids is 1. The van der Waals surface area contributed by atoms with Crippen LogP contribution >= 0.6 is 0 Å². The summed E-state index contributed by atoms with van der Waals surface area (Å²) in [5.74, 6) is 0.493. The number of carbonyl (C=O) groups is 1. The summed E-state index contributed by atoms with van der Waals surface area (Å²) in [6.07, 6.45) is 3.46. The number of amides is 1. The van der Waals surface area contributed by atoms with Crippen molar-refractivity contribution in [3.8, 4) is 0 Å². The summed E-state index contributed by atoms with van der Waals surface area (Å²) in [5.41, 5.74) is 5.74. The van der Waals surface area contributed by atoms with Gasteiger partial charge in [-0.25, -0.2) is 0 Å². The monoisotopic (exact) mass is 263 g/mol. The fourth-order valence-electron chi connectivity index (χ4n) is 2.08. The third kappa shape index (κ3) is 3.43. The van der Waals surface area contributed by atoms with E-state index in [4.69, 9.17) is 5.73 Å². The molecule has 102 valence electrons. The average molecular weight is 263 g/mol. The van der Waals surface area contributed by atoms with Gasteiger partial charge in [-0.05, 0) is 31.4 Å². The first-order valence-electron chi connectivity index (χ1n) is 6.32. The molecule has 6 heteroatoms. The average Bonchev–Trinajstić information content (AvgIpc) is 3.11. The molecule has 0 aromatic heterocycles. The Morgan fingerprint density at radius 3 is 2.79 bits per heavy atom. The smallest absolute Gasteiger partial charge is 0.292 e. The van der Waals surface area contributed by atoms with Gasteiger partial charge in [-0.1, -0.05) is 12.8 Å². The highest BCUT2D eigenvalue weighted by molar-refractivity contribution is 5.95. The minimum atomic E-state index is -0.563. The van der Waals surface area contributed by atoms with E-state index in [1.54, 1.807) is 0 Å². The van der Waals surface area contributed by atoms with Gasteiger partial charge in [0.1, 0.15) is 5.69 Å². The van der Waals surface area contributed by atoms with Gasteiger partial charge in [0.2, 0.25) is 0 Å². The van der Waals surface area contributed by atoms with Crippen LogP contribution in [0.3, 0.4) is 0 Å². The number of nitrogens with one attached hydrogen (secondary N) is 1. The number of rotatable bonds is 5. The van der Waals surface area contributed by atoms with Crippen LogP contribution in [0.2, 0.25) is 0 Å². The Balaban J connectivity index is 2.02. The molecule has 1 aliphatic carbocycles. The standard InChI is InChI=1S/C13H17N3O3/c1-8(6-9-2-3-9)15-13(17)10-4-5-12(16(18)19)11(14)7-10/h4-5,7-9H,2-3,6,14H2,1H3,(H,15,17). The van der Waals surface area contributed by atoms with E-state index in [1.165, 1.54) is 31.0 Å². The van der Waals surface area contributed by atoms with Gasteiger partial charge in [0.05, 0.1) is 4.92 Å². The third-order valence-electron chi connectivity index (χ3n) is 3.25. The number of anilines is 1. The fraction of sp³-hybridized carbons (Fsp3) is 0.462. The van der Waals surface area contributed by atoms with Crippen molar-refractivity contribution in [3.05, 3.63) is 33.9 Å². The van der Waals surface area contributed by atoms with Crippen molar-refractivity contribution in [2.45, 2.75) is 32.2 Å². The second-order valence-electron chi connectivity index (χ2n) is 5.08. The zero-order chi connectivity index (χ0) is 14.0. The molecular weight excluding hydrogens is 246 g/mol. The molecule has 0 saturated heterocycles. The van der Waals surface area contributed by atoms with Crippen molar-refractivity contribution < 1.29 is 9.72 Å². The topological polar surface area (TPSA) is 98.3 Å². The van der Waals surface area contributed by atoms with Crippen molar-refractivity contribution in [3.63, 3.8) is 0 Å². The van der Waals surface area contributed by atoms with Crippen molar-refractivity contribution in [1.29, 1.82) is 0 Å². The van der Waals surface area contributed by atoms with Gasteiger partial charge in [0.15, 0.2) is 0 Å². The summed E-state index contributed by atoms with van der Waals surface area (Å²) in [6, 6.07) is 4.14.